The van der Waals surface area contributed by atoms with Gasteiger partial charge in [-0.05, 0) is 24.6 Å². The lowest BCUT2D eigenvalue weighted by atomic mass is 10.1. The van der Waals surface area contributed by atoms with Gasteiger partial charge in [-0.1, -0.05) is 12.1 Å². The Hall–Kier alpha value is -2.17. The zero-order valence-electron chi connectivity index (χ0n) is 8.21. The normalized spacial score (nSPS) is 11.9. The first kappa shape index (κ1) is 10.9. The fourth-order valence-electron chi connectivity index (χ4n) is 1.03. The molecule has 0 heterocycles. The van der Waals surface area contributed by atoms with Gasteiger partial charge in [-0.25, -0.2) is 4.79 Å². The Morgan fingerprint density at radius 2 is 1.87 bits per heavy atom. The first-order valence-corrected chi connectivity index (χ1v) is 4.26. The van der Waals surface area contributed by atoms with E-state index in [-0.39, 0.29) is 5.56 Å². The van der Waals surface area contributed by atoms with E-state index in [4.69, 9.17) is 10.8 Å². The third-order valence-electron chi connectivity index (χ3n) is 1.82. The lowest BCUT2D eigenvalue weighted by Crippen LogP contribution is -1.99. The summed E-state index contributed by atoms with van der Waals surface area (Å²) in [4.78, 5) is 10.6. The first-order valence-electron chi connectivity index (χ1n) is 4.26. The van der Waals surface area contributed by atoms with Crippen LogP contribution in [0.4, 0.5) is 0 Å². The molecule has 78 valence electrons. The number of carboxylic acid groups (broad SMARTS) is 1. The van der Waals surface area contributed by atoms with Gasteiger partial charge in [0.15, 0.2) is 0 Å². The van der Waals surface area contributed by atoms with E-state index in [0.29, 0.717) is 5.71 Å². The Morgan fingerprint density at radius 1 is 1.33 bits per heavy atom. The van der Waals surface area contributed by atoms with Crippen molar-refractivity contribution in [3.05, 3.63) is 35.4 Å². The van der Waals surface area contributed by atoms with E-state index in [1.54, 1.807) is 19.1 Å². The third-order valence-corrected chi connectivity index (χ3v) is 1.82. The Kier molecular flexibility index (Phi) is 3.56. The number of carbonyl (C=O) groups is 1. The molecule has 0 atom stereocenters. The van der Waals surface area contributed by atoms with E-state index < -0.39 is 5.97 Å². The maximum absolute atomic E-state index is 10.6. The van der Waals surface area contributed by atoms with Crippen LogP contribution in [0.5, 0.6) is 0 Å². The summed E-state index contributed by atoms with van der Waals surface area (Å²) in [6, 6.07) is 6.38. The van der Waals surface area contributed by atoms with Crippen LogP contribution in [0, 0.1) is 0 Å². The molecule has 15 heavy (non-hydrogen) atoms. The van der Waals surface area contributed by atoms with Gasteiger partial charge in [-0.2, -0.15) is 5.10 Å². The predicted octanol–water partition coefficient (Wildman–Crippen LogP) is 1.10. The minimum Gasteiger partial charge on any atom is -0.478 e. The number of rotatable bonds is 3. The molecule has 5 nitrogen and oxygen atoms in total. The molecule has 0 fully saturated rings. The van der Waals surface area contributed by atoms with Crippen molar-refractivity contribution in [2.75, 3.05) is 0 Å². The fourth-order valence-corrected chi connectivity index (χ4v) is 1.03. The number of aromatic carboxylic acids is 1. The maximum Gasteiger partial charge on any atom is 0.335 e. The molecule has 1 rings (SSSR count). The number of benzene rings is 1. The van der Waals surface area contributed by atoms with E-state index in [1.165, 1.54) is 12.1 Å². The molecule has 0 saturated carbocycles. The van der Waals surface area contributed by atoms with E-state index in [2.05, 4.69) is 10.2 Å². The summed E-state index contributed by atoms with van der Waals surface area (Å²) in [5.74, 6) is -0.948. The summed E-state index contributed by atoms with van der Waals surface area (Å²) in [5, 5.41) is 16.0. The molecule has 0 bridgehead atoms. The second-order valence-corrected chi connectivity index (χ2v) is 2.83. The summed E-state index contributed by atoms with van der Waals surface area (Å²) in [5.41, 5.74) is 6.77. The largest absolute Gasteiger partial charge is 0.478 e. The van der Waals surface area contributed by atoms with Crippen molar-refractivity contribution in [3.63, 3.8) is 0 Å². The van der Waals surface area contributed by atoms with E-state index in [9.17, 15) is 4.79 Å². The molecule has 3 N–H and O–H groups in total. The average molecular weight is 205 g/mol. The zero-order valence-corrected chi connectivity index (χ0v) is 8.21. The molecule has 0 amide bonds. The third kappa shape index (κ3) is 2.91. The van der Waals surface area contributed by atoms with Gasteiger partial charge in [0.1, 0.15) is 6.34 Å². The van der Waals surface area contributed by atoms with Gasteiger partial charge in [0.05, 0.1) is 11.3 Å². The Bertz CT molecular complexity index is 407. The molecule has 0 aliphatic carbocycles. The number of hydrogen-bond donors (Lipinski definition) is 2. The van der Waals surface area contributed by atoms with Crippen molar-refractivity contribution < 1.29 is 9.90 Å². The summed E-state index contributed by atoms with van der Waals surface area (Å²) in [6.07, 6.45) is 1.09. The summed E-state index contributed by atoms with van der Waals surface area (Å²) >= 11 is 0. The van der Waals surface area contributed by atoms with Crippen LogP contribution in [0.2, 0.25) is 0 Å². The first-order chi connectivity index (χ1) is 7.15. The zero-order chi connectivity index (χ0) is 11.3. The van der Waals surface area contributed by atoms with Gasteiger partial charge in [-0.3, -0.25) is 0 Å². The molecule has 1 aromatic carbocycles. The lowest BCUT2D eigenvalue weighted by molar-refractivity contribution is 0.0697. The molecule has 0 unspecified atom stereocenters. The number of hydrogen-bond acceptors (Lipinski definition) is 3. The number of nitrogens with two attached hydrogens (primary N) is 1. The minimum atomic E-state index is -0.948. The Labute approximate surface area is 86.9 Å². The van der Waals surface area contributed by atoms with Gasteiger partial charge in [0.2, 0.25) is 0 Å². The highest BCUT2D eigenvalue weighted by atomic mass is 16.4. The molecule has 0 aromatic heterocycles. The topological polar surface area (TPSA) is 88.0 Å². The molecule has 0 aliphatic heterocycles. The van der Waals surface area contributed by atoms with Gasteiger partial charge < -0.3 is 10.8 Å². The molecular formula is C10H11N3O2. The number of carboxylic acids is 1. The molecule has 5 heteroatoms. The second kappa shape index (κ2) is 4.90. The standard InChI is InChI=1S/C10H11N3O2/c1-7(13-12-6-11)8-2-4-9(5-3-8)10(14)15/h2-6H,1H3,(H2,11,12)(H,14,15)/b13-7-. The fraction of sp³-hybridized carbons (Fsp3) is 0.100. The highest BCUT2D eigenvalue weighted by Gasteiger charge is 2.02. The highest BCUT2D eigenvalue weighted by molar-refractivity contribution is 5.99. The van der Waals surface area contributed by atoms with Crippen molar-refractivity contribution in [1.82, 2.24) is 0 Å². The van der Waals surface area contributed by atoms with Gasteiger partial charge in [0, 0.05) is 0 Å². The van der Waals surface area contributed by atoms with Gasteiger partial charge in [0.25, 0.3) is 0 Å². The Morgan fingerprint density at radius 3 is 2.33 bits per heavy atom. The van der Waals surface area contributed by atoms with Crippen LogP contribution in [0.15, 0.2) is 34.5 Å². The predicted molar refractivity (Wildman–Crippen MR) is 58.3 cm³/mol. The monoisotopic (exact) mass is 205 g/mol. The molecule has 1 aromatic rings. The highest BCUT2D eigenvalue weighted by Crippen LogP contribution is 2.05. The van der Waals surface area contributed by atoms with Crippen LogP contribution >= 0.6 is 0 Å². The van der Waals surface area contributed by atoms with Crippen molar-refractivity contribution in [3.8, 4) is 0 Å². The molecular weight excluding hydrogens is 194 g/mol. The van der Waals surface area contributed by atoms with Crippen LogP contribution in [-0.2, 0) is 0 Å². The second-order valence-electron chi connectivity index (χ2n) is 2.83. The van der Waals surface area contributed by atoms with E-state index >= 15 is 0 Å². The minimum absolute atomic E-state index is 0.244. The summed E-state index contributed by atoms with van der Waals surface area (Å²) < 4.78 is 0. The summed E-state index contributed by atoms with van der Waals surface area (Å²) in [7, 11) is 0. The van der Waals surface area contributed by atoms with Crippen LogP contribution in [-0.4, -0.2) is 23.1 Å². The van der Waals surface area contributed by atoms with Crippen molar-refractivity contribution in [2.45, 2.75) is 6.92 Å². The Balaban J connectivity index is 2.93. The summed E-state index contributed by atoms with van der Waals surface area (Å²) in [6.45, 7) is 1.77. The molecule has 0 aliphatic rings. The lowest BCUT2D eigenvalue weighted by Gasteiger charge is -1.99. The maximum atomic E-state index is 10.6. The SMILES string of the molecule is C/C(=N/N=C/N)c1ccc(C(=O)O)cc1. The van der Waals surface area contributed by atoms with Gasteiger partial charge in [-0.15, -0.1) is 5.10 Å². The van der Waals surface area contributed by atoms with Gasteiger partial charge >= 0.3 is 5.97 Å². The van der Waals surface area contributed by atoms with Crippen LogP contribution in [0.1, 0.15) is 22.8 Å². The molecule has 0 saturated heterocycles. The quantitative estimate of drug-likeness (QED) is 0.440. The van der Waals surface area contributed by atoms with Crippen LogP contribution in [0.3, 0.4) is 0 Å². The van der Waals surface area contributed by atoms with Crippen molar-refractivity contribution in [2.24, 2.45) is 15.9 Å². The van der Waals surface area contributed by atoms with E-state index in [0.717, 1.165) is 11.9 Å². The van der Waals surface area contributed by atoms with Crippen molar-refractivity contribution in [1.29, 1.82) is 0 Å². The van der Waals surface area contributed by atoms with Crippen molar-refractivity contribution >= 4 is 18.0 Å². The molecule has 0 radical (unpaired) electrons. The molecule has 0 spiro atoms. The van der Waals surface area contributed by atoms with E-state index in [1.807, 2.05) is 0 Å². The average Bonchev–Trinajstić information content (AvgIpc) is 2.26. The smallest absolute Gasteiger partial charge is 0.335 e. The van der Waals surface area contributed by atoms with Crippen LogP contribution in [0.25, 0.3) is 0 Å². The number of nitrogens with zero attached hydrogens (tertiary/aromatic N) is 2. The van der Waals surface area contributed by atoms with Crippen LogP contribution < -0.4 is 5.73 Å².